The zero-order chi connectivity index (χ0) is 18.2. The minimum absolute atomic E-state index is 0. The van der Waals surface area contributed by atoms with Gasteiger partial charge in [0.25, 0.3) is 0 Å². The Bertz CT molecular complexity index is 708. The van der Waals surface area contributed by atoms with Crippen LogP contribution in [0.15, 0.2) is 48.5 Å². The highest BCUT2D eigenvalue weighted by atomic mass is 35.5. The van der Waals surface area contributed by atoms with Gasteiger partial charge in [0.1, 0.15) is 24.7 Å². The lowest BCUT2D eigenvalue weighted by Crippen LogP contribution is -2.41. The highest BCUT2D eigenvalue weighted by Gasteiger charge is 2.21. The molecular formula is C19H22Cl2N2O3S. The number of halogens is 2. The molecule has 1 aliphatic heterocycles. The normalized spacial score (nSPS) is 15.7. The minimum atomic E-state index is -0.0803. The lowest BCUT2D eigenvalue weighted by atomic mass is 10.2. The third-order valence-electron chi connectivity index (χ3n) is 3.86. The van der Waals surface area contributed by atoms with Crippen molar-refractivity contribution in [3.8, 4) is 11.5 Å². The van der Waals surface area contributed by atoms with E-state index in [1.165, 1.54) is 0 Å². The van der Waals surface area contributed by atoms with E-state index < -0.39 is 0 Å². The van der Waals surface area contributed by atoms with Crippen LogP contribution in [0.5, 0.6) is 11.5 Å². The fraction of sp³-hybridized carbons (Fsp3) is 0.316. The Kier molecular flexibility index (Phi) is 9.07. The Morgan fingerprint density at radius 2 is 1.67 bits per heavy atom. The number of nitrogens with one attached hydrogen (secondary N) is 2. The van der Waals surface area contributed by atoms with Crippen molar-refractivity contribution in [3.63, 3.8) is 0 Å². The highest BCUT2D eigenvalue weighted by Crippen LogP contribution is 2.16. The topological polar surface area (TPSA) is 59.6 Å². The van der Waals surface area contributed by atoms with Crippen LogP contribution in [0.25, 0.3) is 0 Å². The van der Waals surface area contributed by atoms with Crippen molar-refractivity contribution in [1.29, 1.82) is 0 Å². The molecule has 0 aromatic heterocycles. The van der Waals surface area contributed by atoms with E-state index in [2.05, 4.69) is 10.6 Å². The van der Waals surface area contributed by atoms with Gasteiger partial charge in [-0.1, -0.05) is 23.7 Å². The summed E-state index contributed by atoms with van der Waals surface area (Å²) in [4.78, 5) is 12.0. The van der Waals surface area contributed by atoms with Crippen LogP contribution in [0.2, 0.25) is 5.02 Å². The number of benzene rings is 2. The fourth-order valence-corrected chi connectivity index (χ4v) is 3.50. The number of amides is 1. The van der Waals surface area contributed by atoms with E-state index in [1.54, 1.807) is 23.9 Å². The van der Waals surface area contributed by atoms with Crippen LogP contribution in [0.4, 0.5) is 0 Å². The van der Waals surface area contributed by atoms with Gasteiger partial charge in [-0.3, -0.25) is 10.1 Å². The summed E-state index contributed by atoms with van der Waals surface area (Å²) in [6.07, 6.45) is 0. The Balaban J connectivity index is 0.00000261. The molecule has 2 aromatic carbocycles. The van der Waals surface area contributed by atoms with Crippen molar-refractivity contribution in [3.05, 3.63) is 59.1 Å². The molecule has 0 saturated carbocycles. The molecule has 1 unspecified atom stereocenters. The van der Waals surface area contributed by atoms with Crippen molar-refractivity contribution in [2.75, 3.05) is 24.8 Å². The van der Waals surface area contributed by atoms with Gasteiger partial charge in [0.15, 0.2) is 0 Å². The second-order valence-electron chi connectivity index (χ2n) is 5.78. The van der Waals surface area contributed by atoms with E-state index in [1.807, 2.05) is 36.4 Å². The number of ether oxygens (including phenoxy) is 2. The second-order valence-corrected chi connectivity index (χ2v) is 7.25. The molecule has 1 heterocycles. The van der Waals surface area contributed by atoms with Gasteiger partial charge in [0.2, 0.25) is 5.91 Å². The molecule has 1 aliphatic rings. The molecule has 0 spiro atoms. The van der Waals surface area contributed by atoms with Crippen LogP contribution in [0.1, 0.15) is 5.56 Å². The van der Waals surface area contributed by atoms with Gasteiger partial charge in [0, 0.05) is 23.2 Å². The van der Waals surface area contributed by atoms with Gasteiger partial charge in [-0.25, -0.2) is 0 Å². The SMILES string of the molecule is Cl.O=C(NCc1ccc(OCCOc2ccc(Cl)cc2)cc1)C1CSCN1. The van der Waals surface area contributed by atoms with E-state index >= 15 is 0 Å². The van der Waals surface area contributed by atoms with E-state index in [4.69, 9.17) is 21.1 Å². The molecule has 0 bridgehead atoms. The molecule has 146 valence electrons. The number of hydrogen-bond acceptors (Lipinski definition) is 5. The summed E-state index contributed by atoms with van der Waals surface area (Å²) in [5.74, 6) is 3.25. The zero-order valence-corrected chi connectivity index (χ0v) is 17.0. The van der Waals surface area contributed by atoms with Gasteiger partial charge in [-0.2, -0.15) is 0 Å². The third-order valence-corrected chi connectivity index (χ3v) is 5.05. The molecule has 1 fully saturated rings. The number of carbonyl (C=O) groups excluding carboxylic acids is 1. The summed E-state index contributed by atoms with van der Waals surface area (Å²) in [6.45, 7) is 1.41. The van der Waals surface area contributed by atoms with Gasteiger partial charge < -0.3 is 14.8 Å². The maximum Gasteiger partial charge on any atom is 0.238 e. The first-order chi connectivity index (χ1) is 12.7. The average molecular weight is 429 g/mol. The van der Waals surface area contributed by atoms with Crippen LogP contribution in [-0.2, 0) is 11.3 Å². The van der Waals surface area contributed by atoms with Crippen LogP contribution in [-0.4, -0.2) is 36.8 Å². The maximum absolute atomic E-state index is 12.0. The van der Waals surface area contributed by atoms with Crippen LogP contribution in [0.3, 0.4) is 0 Å². The molecule has 2 aromatic rings. The summed E-state index contributed by atoms with van der Waals surface area (Å²) >= 11 is 7.57. The van der Waals surface area contributed by atoms with Gasteiger partial charge >= 0.3 is 0 Å². The first kappa shape index (κ1) is 21.7. The lowest BCUT2D eigenvalue weighted by Gasteiger charge is -2.11. The molecule has 2 N–H and O–H groups in total. The molecule has 1 atom stereocenters. The second kappa shape index (κ2) is 11.3. The summed E-state index contributed by atoms with van der Waals surface area (Å²) in [7, 11) is 0. The monoisotopic (exact) mass is 428 g/mol. The predicted octanol–water partition coefficient (Wildman–Crippen LogP) is 3.50. The summed E-state index contributed by atoms with van der Waals surface area (Å²) < 4.78 is 11.2. The quantitative estimate of drug-likeness (QED) is 0.630. The van der Waals surface area contributed by atoms with Gasteiger partial charge in [0.05, 0.1) is 6.04 Å². The molecule has 1 saturated heterocycles. The number of thioether (sulfide) groups is 1. The lowest BCUT2D eigenvalue weighted by molar-refractivity contribution is -0.122. The van der Waals surface area contributed by atoms with Crippen molar-refractivity contribution >= 4 is 41.7 Å². The van der Waals surface area contributed by atoms with Crippen molar-refractivity contribution < 1.29 is 14.3 Å². The van der Waals surface area contributed by atoms with Crippen molar-refractivity contribution in [2.45, 2.75) is 12.6 Å². The minimum Gasteiger partial charge on any atom is -0.490 e. The van der Waals surface area contributed by atoms with Crippen LogP contribution < -0.4 is 20.1 Å². The Labute approximate surface area is 174 Å². The number of hydrogen-bond donors (Lipinski definition) is 2. The van der Waals surface area contributed by atoms with E-state index in [-0.39, 0.29) is 24.4 Å². The largest absolute Gasteiger partial charge is 0.490 e. The molecule has 27 heavy (non-hydrogen) atoms. The van der Waals surface area contributed by atoms with E-state index in [9.17, 15) is 4.79 Å². The van der Waals surface area contributed by atoms with Gasteiger partial charge in [-0.15, -0.1) is 24.2 Å². The average Bonchev–Trinajstić information content (AvgIpc) is 3.20. The Morgan fingerprint density at radius 1 is 1.07 bits per heavy atom. The smallest absolute Gasteiger partial charge is 0.238 e. The van der Waals surface area contributed by atoms with Crippen molar-refractivity contribution in [2.24, 2.45) is 0 Å². The molecule has 0 radical (unpaired) electrons. The van der Waals surface area contributed by atoms with Gasteiger partial charge in [-0.05, 0) is 42.0 Å². The third kappa shape index (κ3) is 7.14. The predicted molar refractivity (Wildman–Crippen MR) is 112 cm³/mol. The fourth-order valence-electron chi connectivity index (χ4n) is 2.43. The molecular weight excluding hydrogens is 407 g/mol. The summed E-state index contributed by atoms with van der Waals surface area (Å²) in [5, 5.41) is 6.79. The Hall–Kier alpha value is -1.60. The number of rotatable bonds is 8. The van der Waals surface area contributed by atoms with Crippen LogP contribution in [0, 0.1) is 0 Å². The first-order valence-electron chi connectivity index (χ1n) is 8.40. The Morgan fingerprint density at radius 3 is 2.22 bits per heavy atom. The molecule has 5 nitrogen and oxygen atoms in total. The summed E-state index contributed by atoms with van der Waals surface area (Å²) in [5.41, 5.74) is 1.04. The van der Waals surface area contributed by atoms with Crippen molar-refractivity contribution in [1.82, 2.24) is 10.6 Å². The maximum atomic E-state index is 12.0. The number of carbonyl (C=O) groups is 1. The molecule has 1 amide bonds. The molecule has 8 heteroatoms. The van der Waals surface area contributed by atoms with Crippen LogP contribution >= 0.6 is 35.8 Å². The first-order valence-corrected chi connectivity index (χ1v) is 9.93. The van der Waals surface area contributed by atoms with E-state index in [0.29, 0.717) is 24.8 Å². The highest BCUT2D eigenvalue weighted by molar-refractivity contribution is 7.99. The molecule has 0 aliphatic carbocycles. The zero-order valence-electron chi connectivity index (χ0n) is 14.7. The standard InChI is InChI=1S/C19H21ClN2O3S.ClH/c20-15-3-7-17(8-4-15)25-10-9-24-16-5-1-14(2-6-16)11-21-19(23)18-12-26-13-22-18;/h1-8,18,22H,9-13H2,(H,21,23);1H. The van der Waals surface area contributed by atoms with E-state index in [0.717, 1.165) is 28.7 Å². The summed E-state index contributed by atoms with van der Waals surface area (Å²) in [6, 6.07) is 14.8. The molecule has 3 rings (SSSR count).